The smallest absolute Gasteiger partial charge is 0.0223 e. The normalized spacial score (nSPS) is 7.71. The van der Waals surface area contributed by atoms with E-state index in [2.05, 4.69) is 6.92 Å². The van der Waals surface area contributed by atoms with Gasteiger partial charge in [-0.2, -0.15) is 0 Å². The number of hydrogen-bond donors (Lipinski definition) is 0. The van der Waals surface area contributed by atoms with Gasteiger partial charge in [-0.05, 0) is 6.42 Å². The average molecular weight is 251 g/mol. The Balaban J connectivity index is 0. The third kappa shape index (κ3) is 11.3. The SMILES string of the molecule is CCCCCCl.[Nd]. The van der Waals surface area contributed by atoms with E-state index in [4.69, 9.17) is 11.6 Å². The zero-order valence-corrected chi connectivity index (χ0v) is 8.67. The molecule has 0 amide bonds. The molecule has 0 saturated heterocycles. The summed E-state index contributed by atoms with van der Waals surface area (Å²) in [7, 11) is 0. The van der Waals surface area contributed by atoms with Crippen molar-refractivity contribution in [1.82, 2.24) is 0 Å². The summed E-state index contributed by atoms with van der Waals surface area (Å²) >= 11 is 5.38. The summed E-state index contributed by atoms with van der Waals surface area (Å²) in [5, 5.41) is 0. The Morgan fingerprint density at radius 2 is 1.86 bits per heavy atom. The van der Waals surface area contributed by atoms with Crippen LogP contribution in [0.25, 0.3) is 0 Å². The second-order valence-electron chi connectivity index (χ2n) is 1.40. The van der Waals surface area contributed by atoms with Gasteiger partial charge in [-0.1, -0.05) is 19.8 Å². The van der Waals surface area contributed by atoms with Crippen LogP contribution in [0.4, 0.5) is 0 Å². The Morgan fingerprint density at radius 3 is 2.00 bits per heavy atom. The molecular formula is C5H11ClNd. The molecule has 42 valence electrons. The van der Waals surface area contributed by atoms with Gasteiger partial charge in [0.2, 0.25) is 0 Å². The molecule has 0 aliphatic heterocycles. The molecule has 0 saturated carbocycles. The third-order valence-corrected chi connectivity index (χ3v) is 1.00. The van der Waals surface area contributed by atoms with Crippen LogP contribution in [-0.4, -0.2) is 5.88 Å². The monoisotopic (exact) mass is 248 g/mol. The molecule has 0 N–H and O–H groups in total. The van der Waals surface area contributed by atoms with Crippen LogP contribution in [0.15, 0.2) is 0 Å². The molecule has 0 rings (SSSR count). The Bertz CT molecular complexity index is 20.0. The van der Waals surface area contributed by atoms with Crippen molar-refractivity contribution in [3.8, 4) is 0 Å². The molecule has 0 bridgehead atoms. The van der Waals surface area contributed by atoms with Gasteiger partial charge in [-0.25, -0.2) is 0 Å². The van der Waals surface area contributed by atoms with Gasteiger partial charge in [0.05, 0.1) is 0 Å². The molecule has 0 aliphatic carbocycles. The molecule has 0 spiro atoms. The van der Waals surface area contributed by atoms with E-state index in [9.17, 15) is 0 Å². The summed E-state index contributed by atoms with van der Waals surface area (Å²) in [6.45, 7) is 2.17. The predicted octanol–water partition coefficient (Wildman–Crippen LogP) is 2.42. The predicted molar refractivity (Wildman–Crippen MR) is 30.2 cm³/mol. The third-order valence-electron chi connectivity index (χ3n) is 0.737. The van der Waals surface area contributed by atoms with Crippen LogP contribution >= 0.6 is 11.6 Å². The van der Waals surface area contributed by atoms with Crippen LogP contribution in [0.1, 0.15) is 26.2 Å². The molecule has 0 aliphatic rings. The van der Waals surface area contributed by atoms with Gasteiger partial charge in [0.25, 0.3) is 0 Å². The van der Waals surface area contributed by atoms with Crippen molar-refractivity contribution in [3.05, 3.63) is 0 Å². The molecule has 0 heterocycles. The maximum atomic E-state index is 5.38. The van der Waals surface area contributed by atoms with Crippen molar-refractivity contribution in [2.45, 2.75) is 26.2 Å². The standard InChI is InChI=1S/C5H11Cl.Nd/c1-2-3-4-5-6;/h2-5H2,1H3;. The first kappa shape index (κ1) is 11.4. The van der Waals surface area contributed by atoms with Crippen LogP contribution in [0.3, 0.4) is 0 Å². The average Bonchev–Trinajstić information content (AvgIpc) is 1.61. The molecule has 0 unspecified atom stereocenters. The van der Waals surface area contributed by atoms with E-state index in [0.717, 1.165) is 5.88 Å². The Labute approximate surface area is 83.5 Å². The molecule has 0 fully saturated rings. The van der Waals surface area contributed by atoms with Crippen LogP contribution in [0.2, 0.25) is 0 Å². The number of halogens is 1. The molecule has 0 atom stereocenters. The quantitative estimate of drug-likeness (QED) is 0.533. The van der Waals surface area contributed by atoms with E-state index in [1.54, 1.807) is 0 Å². The van der Waals surface area contributed by atoms with Gasteiger partial charge in [0.15, 0.2) is 0 Å². The maximum Gasteiger partial charge on any atom is 0.0223 e. The summed E-state index contributed by atoms with van der Waals surface area (Å²) in [6.07, 6.45) is 3.73. The maximum absolute atomic E-state index is 5.38. The topological polar surface area (TPSA) is 0 Å². The van der Waals surface area contributed by atoms with Crippen molar-refractivity contribution in [2.75, 3.05) is 5.88 Å². The number of alkyl halides is 1. The minimum absolute atomic E-state index is 0. The fraction of sp³-hybridized carbons (Fsp3) is 1.00. The first-order chi connectivity index (χ1) is 2.91. The summed E-state index contributed by atoms with van der Waals surface area (Å²) in [6, 6.07) is 0. The second kappa shape index (κ2) is 10.6. The van der Waals surface area contributed by atoms with Crippen molar-refractivity contribution in [2.24, 2.45) is 0 Å². The van der Waals surface area contributed by atoms with Crippen molar-refractivity contribution < 1.29 is 40.8 Å². The minimum Gasteiger partial charge on any atom is -0.127 e. The molecule has 7 heavy (non-hydrogen) atoms. The summed E-state index contributed by atoms with van der Waals surface area (Å²) in [5.41, 5.74) is 0. The van der Waals surface area contributed by atoms with Crippen molar-refractivity contribution >= 4 is 11.6 Å². The van der Waals surface area contributed by atoms with Crippen LogP contribution in [0, 0.1) is 40.8 Å². The molecular weight excluding hydrogens is 240 g/mol. The zero-order chi connectivity index (χ0) is 4.83. The fourth-order valence-electron chi connectivity index (χ4n) is 0.344. The van der Waals surface area contributed by atoms with E-state index in [-0.39, 0.29) is 40.8 Å². The molecule has 0 aromatic carbocycles. The first-order valence-corrected chi connectivity index (χ1v) is 3.01. The van der Waals surface area contributed by atoms with Crippen LogP contribution in [0.5, 0.6) is 0 Å². The zero-order valence-electron chi connectivity index (χ0n) is 4.71. The Kier molecular flexibility index (Phi) is 17.3. The Morgan fingerprint density at radius 1 is 1.29 bits per heavy atom. The summed E-state index contributed by atoms with van der Waals surface area (Å²) in [4.78, 5) is 0. The van der Waals surface area contributed by atoms with E-state index in [1.807, 2.05) is 0 Å². The van der Waals surface area contributed by atoms with Gasteiger partial charge >= 0.3 is 0 Å². The second-order valence-corrected chi connectivity index (χ2v) is 1.77. The largest absolute Gasteiger partial charge is 0.127 e. The van der Waals surface area contributed by atoms with E-state index < -0.39 is 0 Å². The Hall–Kier alpha value is 1.64. The minimum atomic E-state index is 0. The van der Waals surface area contributed by atoms with Gasteiger partial charge < -0.3 is 0 Å². The number of rotatable bonds is 3. The molecule has 0 aromatic heterocycles. The van der Waals surface area contributed by atoms with Crippen LogP contribution < -0.4 is 0 Å². The number of unbranched alkanes of at least 4 members (excludes halogenated alkanes) is 2. The van der Waals surface area contributed by atoms with Crippen molar-refractivity contribution in [3.63, 3.8) is 0 Å². The van der Waals surface area contributed by atoms with Crippen LogP contribution in [-0.2, 0) is 0 Å². The van der Waals surface area contributed by atoms with Crippen molar-refractivity contribution in [1.29, 1.82) is 0 Å². The molecule has 2 heteroatoms. The van der Waals surface area contributed by atoms with E-state index in [0.29, 0.717) is 0 Å². The summed E-state index contributed by atoms with van der Waals surface area (Å²) in [5.74, 6) is 0.827. The summed E-state index contributed by atoms with van der Waals surface area (Å²) < 4.78 is 0. The molecule has 0 nitrogen and oxygen atoms in total. The van der Waals surface area contributed by atoms with Gasteiger partial charge in [-0.3, -0.25) is 0 Å². The van der Waals surface area contributed by atoms with Gasteiger partial charge in [0.1, 0.15) is 0 Å². The van der Waals surface area contributed by atoms with E-state index in [1.165, 1.54) is 19.3 Å². The van der Waals surface area contributed by atoms with Gasteiger partial charge in [-0.15, -0.1) is 11.6 Å². The first-order valence-electron chi connectivity index (χ1n) is 2.47. The molecule has 0 radical (unpaired) electrons. The van der Waals surface area contributed by atoms with Gasteiger partial charge in [0, 0.05) is 46.7 Å². The number of hydrogen-bond acceptors (Lipinski definition) is 0. The molecule has 0 aromatic rings. The fourth-order valence-corrected chi connectivity index (χ4v) is 0.533. The van der Waals surface area contributed by atoms with E-state index >= 15 is 0 Å².